The number of nitrogens with two attached hydrogens (primary N) is 1. The molecular weight excluding hydrogens is 320 g/mol. The number of primary amides is 1. The topological polar surface area (TPSA) is 81.9 Å². The first-order chi connectivity index (χ1) is 11.0. The summed E-state index contributed by atoms with van der Waals surface area (Å²) in [6, 6.07) is 3.50. The predicted octanol–water partition coefficient (Wildman–Crippen LogP) is 1.81. The zero-order chi connectivity index (χ0) is 16.4. The number of rotatable bonds is 3. The van der Waals surface area contributed by atoms with Gasteiger partial charge in [-0.05, 0) is 36.6 Å². The molecule has 3 rings (SSSR count). The Hall–Kier alpha value is -2.21. The second kappa shape index (κ2) is 6.50. The van der Waals surface area contributed by atoms with Crippen LogP contribution in [0.4, 0.5) is 0 Å². The van der Waals surface area contributed by atoms with Crippen molar-refractivity contribution in [2.45, 2.75) is 12.8 Å². The molecule has 2 aliphatic heterocycles. The van der Waals surface area contributed by atoms with E-state index in [4.69, 9.17) is 26.8 Å². The number of carbonyl (C=O) groups excluding carboxylic acids is 2. The van der Waals surface area contributed by atoms with E-state index in [-0.39, 0.29) is 24.5 Å². The van der Waals surface area contributed by atoms with Crippen molar-refractivity contribution >= 4 is 29.5 Å². The van der Waals surface area contributed by atoms with Gasteiger partial charge in [-0.2, -0.15) is 0 Å². The van der Waals surface area contributed by atoms with E-state index in [1.807, 2.05) is 0 Å². The number of halogens is 1. The fourth-order valence-corrected chi connectivity index (χ4v) is 3.01. The Morgan fingerprint density at radius 3 is 2.70 bits per heavy atom. The van der Waals surface area contributed by atoms with Crippen molar-refractivity contribution in [3.05, 3.63) is 28.8 Å². The average Bonchev–Trinajstić information content (AvgIpc) is 3.02. The van der Waals surface area contributed by atoms with Crippen molar-refractivity contribution in [3.8, 4) is 11.5 Å². The van der Waals surface area contributed by atoms with E-state index < -0.39 is 0 Å². The van der Waals surface area contributed by atoms with Gasteiger partial charge in [0.1, 0.15) is 0 Å². The first-order valence-corrected chi connectivity index (χ1v) is 7.78. The third kappa shape index (κ3) is 3.42. The highest BCUT2D eigenvalue weighted by Gasteiger charge is 2.25. The number of fused-ring (bicyclic) bond motifs is 1. The summed E-state index contributed by atoms with van der Waals surface area (Å²) in [5.74, 6) is 0.593. The smallest absolute Gasteiger partial charge is 0.246 e. The third-order valence-corrected chi connectivity index (χ3v) is 4.36. The Morgan fingerprint density at radius 1 is 1.26 bits per heavy atom. The van der Waals surface area contributed by atoms with Gasteiger partial charge in [-0.25, -0.2) is 0 Å². The lowest BCUT2D eigenvalue weighted by Gasteiger charge is -2.29. The first-order valence-electron chi connectivity index (χ1n) is 7.40. The maximum atomic E-state index is 12.2. The zero-order valence-corrected chi connectivity index (χ0v) is 13.2. The number of nitrogens with zero attached hydrogens (tertiary/aromatic N) is 1. The number of benzene rings is 1. The maximum absolute atomic E-state index is 12.2. The van der Waals surface area contributed by atoms with Gasteiger partial charge in [0, 0.05) is 25.1 Å². The number of piperidine rings is 1. The highest BCUT2D eigenvalue weighted by atomic mass is 35.5. The summed E-state index contributed by atoms with van der Waals surface area (Å²) in [6.07, 6.45) is 4.42. The second-order valence-corrected chi connectivity index (χ2v) is 5.98. The number of ether oxygens (including phenoxy) is 2. The van der Waals surface area contributed by atoms with Gasteiger partial charge in [-0.1, -0.05) is 11.6 Å². The van der Waals surface area contributed by atoms with Crippen LogP contribution in [0.3, 0.4) is 0 Å². The van der Waals surface area contributed by atoms with E-state index in [0.717, 1.165) is 5.56 Å². The Kier molecular flexibility index (Phi) is 4.43. The van der Waals surface area contributed by atoms with E-state index >= 15 is 0 Å². The van der Waals surface area contributed by atoms with Crippen LogP contribution in [0.25, 0.3) is 6.08 Å². The Bertz CT molecular complexity index is 666. The Morgan fingerprint density at radius 2 is 2.00 bits per heavy atom. The van der Waals surface area contributed by atoms with Crippen molar-refractivity contribution in [1.82, 2.24) is 4.90 Å². The molecule has 122 valence electrons. The van der Waals surface area contributed by atoms with Crippen LogP contribution in [-0.2, 0) is 9.59 Å². The molecule has 0 radical (unpaired) electrons. The maximum Gasteiger partial charge on any atom is 0.246 e. The lowest BCUT2D eigenvalue weighted by molar-refractivity contribution is -0.130. The van der Waals surface area contributed by atoms with E-state index in [0.29, 0.717) is 42.5 Å². The molecule has 2 N–H and O–H groups in total. The molecule has 0 saturated carbocycles. The molecule has 7 heteroatoms. The van der Waals surface area contributed by atoms with E-state index in [1.54, 1.807) is 23.1 Å². The average molecular weight is 337 g/mol. The molecule has 6 nitrogen and oxygen atoms in total. The zero-order valence-electron chi connectivity index (χ0n) is 12.5. The van der Waals surface area contributed by atoms with Crippen LogP contribution in [0.15, 0.2) is 18.2 Å². The van der Waals surface area contributed by atoms with Crippen molar-refractivity contribution in [2.75, 3.05) is 19.9 Å². The minimum absolute atomic E-state index is 0.0956. The van der Waals surface area contributed by atoms with E-state index in [2.05, 4.69) is 0 Å². The monoisotopic (exact) mass is 336 g/mol. The van der Waals surface area contributed by atoms with Crippen molar-refractivity contribution in [2.24, 2.45) is 11.7 Å². The van der Waals surface area contributed by atoms with Crippen LogP contribution in [0.5, 0.6) is 11.5 Å². The third-order valence-electron chi connectivity index (χ3n) is 4.08. The van der Waals surface area contributed by atoms with Gasteiger partial charge in [0.05, 0.1) is 5.02 Å². The number of hydrogen-bond acceptors (Lipinski definition) is 4. The summed E-state index contributed by atoms with van der Waals surface area (Å²) in [5.41, 5.74) is 6.05. The fourth-order valence-electron chi connectivity index (χ4n) is 2.74. The van der Waals surface area contributed by atoms with Gasteiger partial charge in [0.15, 0.2) is 11.5 Å². The summed E-state index contributed by atoms with van der Waals surface area (Å²) in [7, 11) is 0. The van der Waals surface area contributed by atoms with Crippen LogP contribution < -0.4 is 15.2 Å². The minimum Gasteiger partial charge on any atom is -0.454 e. The fraction of sp³-hybridized carbons (Fsp3) is 0.375. The SMILES string of the molecule is NC(=O)C1CCN(C(=O)/C=C\c2cc(Cl)c3c(c2)OCO3)CC1. The number of hydrogen-bond donors (Lipinski definition) is 1. The van der Waals surface area contributed by atoms with E-state index in [1.165, 1.54) is 6.08 Å². The molecule has 0 unspecified atom stereocenters. The normalized spacial score (nSPS) is 17.7. The number of likely N-dealkylation sites (tertiary alicyclic amines) is 1. The molecule has 1 saturated heterocycles. The van der Waals surface area contributed by atoms with Gasteiger partial charge < -0.3 is 20.1 Å². The van der Waals surface area contributed by atoms with Gasteiger partial charge in [0.2, 0.25) is 18.6 Å². The molecule has 0 bridgehead atoms. The van der Waals surface area contributed by atoms with Crippen LogP contribution in [0.2, 0.25) is 5.02 Å². The van der Waals surface area contributed by atoms with Crippen molar-refractivity contribution < 1.29 is 19.1 Å². The largest absolute Gasteiger partial charge is 0.454 e. The lowest BCUT2D eigenvalue weighted by Crippen LogP contribution is -2.41. The van der Waals surface area contributed by atoms with Crippen molar-refractivity contribution in [1.29, 1.82) is 0 Å². The molecule has 1 aromatic carbocycles. The van der Waals surface area contributed by atoms with E-state index in [9.17, 15) is 9.59 Å². The number of carbonyl (C=O) groups is 2. The quantitative estimate of drug-likeness (QED) is 0.853. The summed E-state index contributed by atoms with van der Waals surface area (Å²) >= 11 is 6.11. The minimum atomic E-state index is -0.289. The molecule has 0 aliphatic carbocycles. The highest BCUT2D eigenvalue weighted by molar-refractivity contribution is 6.32. The Labute approximate surface area is 138 Å². The molecule has 2 amide bonds. The molecule has 23 heavy (non-hydrogen) atoms. The predicted molar refractivity (Wildman–Crippen MR) is 85.1 cm³/mol. The standard InChI is InChI=1S/C16H17ClN2O4/c17-12-7-10(8-13-15(12)23-9-22-13)1-2-14(20)19-5-3-11(4-6-19)16(18)21/h1-2,7-8,11H,3-6,9H2,(H2,18,21)/b2-1-. The van der Waals surface area contributed by atoms with Gasteiger partial charge in [0.25, 0.3) is 0 Å². The first kappa shape index (κ1) is 15.7. The van der Waals surface area contributed by atoms with Gasteiger partial charge in [-0.3, -0.25) is 9.59 Å². The van der Waals surface area contributed by atoms with Crippen LogP contribution >= 0.6 is 11.6 Å². The summed E-state index contributed by atoms with van der Waals surface area (Å²) in [5, 5.41) is 0.453. The molecule has 0 aromatic heterocycles. The molecule has 0 atom stereocenters. The molecule has 1 fully saturated rings. The van der Waals surface area contributed by atoms with Crippen LogP contribution in [-0.4, -0.2) is 36.6 Å². The molecule has 0 spiro atoms. The van der Waals surface area contributed by atoms with Crippen LogP contribution in [0, 0.1) is 5.92 Å². The molecular formula is C16H17ClN2O4. The second-order valence-electron chi connectivity index (χ2n) is 5.57. The summed E-state index contributed by atoms with van der Waals surface area (Å²) in [6.45, 7) is 1.23. The highest BCUT2D eigenvalue weighted by Crippen LogP contribution is 2.40. The van der Waals surface area contributed by atoms with Crippen molar-refractivity contribution in [3.63, 3.8) is 0 Å². The summed E-state index contributed by atoms with van der Waals surface area (Å²) in [4.78, 5) is 25.1. The van der Waals surface area contributed by atoms with Gasteiger partial charge >= 0.3 is 0 Å². The summed E-state index contributed by atoms with van der Waals surface area (Å²) < 4.78 is 10.5. The molecule has 1 aromatic rings. The van der Waals surface area contributed by atoms with Gasteiger partial charge in [-0.15, -0.1) is 0 Å². The number of amides is 2. The molecule has 2 aliphatic rings. The lowest BCUT2D eigenvalue weighted by atomic mass is 9.96. The molecule has 2 heterocycles. The Balaban J connectivity index is 1.63. The van der Waals surface area contributed by atoms with Crippen LogP contribution in [0.1, 0.15) is 18.4 Å².